The van der Waals surface area contributed by atoms with E-state index < -0.39 is 5.60 Å². The predicted octanol–water partition coefficient (Wildman–Crippen LogP) is 0.622. The van der Waals surface area contributed by atoms with Crippen LogP contribution >= 0.6 is 0 Å². The van der Waals surface area contributed by atoms with E-state index in [1.54, 1.807) is 0 Å². The molecule has 1 N–H and O–H groups in total. The molecule has 0 aliphatic carbocycles. The normalized spacial score (nSPS) is 40.6. The fourth-order valence-corrected chi connectivity index (χ4v) is 2.05. The van der Waals surface area contributed by atoms with Crippen LogP contribution in [0.3, 0.4) is 0 Å². The van der Waals surface area contributed by atoms with Gasteiger partial charge in [-0.25, -0.2) is 0 Å². The van der Waals surface area contributed by atoms with Crippen molar-refractivity contribution < 1.29 is 9.84 Å². The van der Waals surface area contributed by atoms with Gasteiger partial charge in [-0.1, -0.05) is 0 Å². The van der Waals surface area contributed by atoms with Gasteiger partial charge in [0.05, 0.1) is 12.2 Å². The van der Waals surface area contributed by atoms with E-state index >= 15 is 0 Å². The summed E-state index contributed by atoms with van der Waals surface area (Å²) in [6.07, 6.45) is 3.00. The Kier molecular flexibility index (Phi) is 2.58. The molecule has 0 aromatic carbocycles. The van der Waals surface area contributed by atoms with E-state index in [9.17, 15) is 5.11 Å². The van der Waals surface area contributed by atoms with Gasteiger partial charge in [-0.15, -0.1) is 0 Å². The molecule has 0 radical (unpaired) electrons. The van der Waals surface area contributed by atoms with Gasteiger partial charge in [-0.05, 0) is 26.3 Å². The average molecular weight is 185 g/mol. The molecular formula is C10H19NO2. The molecule has 3 nitrogen and oxygen atoms in total. The van der Waals surface area contributed by atoms with Crippen LogP contribution in [0.2, 0.25) is 0 Å². The van der Waals surface area contributed by atoms with Crippen LogP contribution < -0.4 is 0 Å². The fourth-order valence-electron chi connectivity index (χ4n) is 2.05. The summed E-state index contributed by atoms with van der Waals surface area (Å²) in [5, 5.41) is 9.99. The van der Waals surface area contributed by atoms with E-state index in [4.69, 9.17) is 4.74 Å². The highest BCUT2D eigenvalue weighted by Crippen LogP contribution is 2.25. The molecule has 2 saturated heterocycles. The van der Waals surface area contributed by atoms with Crippen molar-refractivity contribution in [2.75, 3.05) is 26.3 Å². The molecule has 2 unspecified atom stereocenters. The zero-order chi connectivity index (χ0) is 9.31. The summed E-state index contributed by atoms with van der Waals surface area (Å²) in [6, 6.07) is 0.728. The first-order valence-electron chi connectivity index (χ1n) is 5.24. The van der Waals surface area contributed by atoms with Crippen molar-refractivity contribution in [2.24, 2.45) is 0 Å². The van der Waals surface area contributed by atoms with Gasteiger partial charge in [0, 0.05) is 25.6 Å². The highest BCUT2D eigenvalue weighted by Gasteiger charge is 2.34. The maximum Gasteiger partial charge on any atom is 0.0914 e. The number of likely N-dealkylation sites (tertiary alicyclic amines) is 1. The average Bonchev–Trinajstić information content (AvgIpc) is 2.50. The van der Waals surface area contributed by atoms with Crippen molar-refractivity contribution in [1.82, 2.24) is 4.90 Å². The number of aliphatic hydroxyl groups is 1. The quantitative estimate of drug-likeness (QED) is 0.699. The van der Waals surface area contributed by atoms with Gasteiger partial charge in [0.25, 0.3) is 0 Å². The Morgan fingerprint density at radius 3 is 2.92 bits per heavy atom. The van der Waals surface area contributed by atoms with E-state index in [1.165, 1.54) is 13.0 Å². The summed E-state index contributed by atoms with van der Waals surface area (Å²) in [5.41, 5.74) is -0.519. The molecule has 0 aromatic rings. The van der Waals surface area contributed by atoms with Crippen LogP contribution in [-0.2, 0) is 4.74 Å². The lowest BCUT2D eigenvalue weighted by molar-refractivity contribution is -0.00303. The largest absolute Gasteiger partial charge is 0.387 e. The van der Waals surface area contributed by atoms with Gasteiger partial charge in [-0.2, -0.15) is 0 Å². The van der Waals surface area contributed by atoms with Crippen molar-refractivity contribution in [3.05, 3.63) is 0 Å². The summed E-state index contributed by atoms with van der Waals surface area (Å²) in [6.45, 7) is 5.75. The third-order valence-corrected chi connectivity index (χ3v) is 3.40. The van der Waals surface area contributed by atoms with E-state index in [1.807, 2.05) is 0 Å². The number of hydrogen-bond donors (Lipinski definition) is 1. The smallest absolute Gasteiger partial charge is 0.0914 e. The molecule has 2 fully saturated rings. The molecule has 2 atom stereocenters. The first-order chi connectivity index (χ1) is 6.20. The van der Waals surface area contributed by atoms with Crippen LogP contribution in [0.25, 0.3) is 0 Å². The summed E-state index contributed by atoms with van der Waals surface area (Å²) in [4.78, 5) is 2.43. The second-order valence-corrected chi connectivity index (χ2v) is 4.45. The van der Waals surface area contributed by atoms with Crippen LogP contribution in [0.1, 0.15) is 26.2 Å². The molecule has 0 spiro atoms. The zero-order valence-electron chi connectivity index (χ0n) is 8.33. The Hall–Kier alpha value is -0.120. The van der Waals surface area contributed by atoms with Crippen LogP contribution in [0.15, 0.2) is 0 Å². The third kappa shape index (κ3) is 2.03. The minimum Gasteiger partial charge on any atom is -0.387 e. The SMILES string of the molecule is CC1CCN1CCC1(O)CCOC1. The van der Waals surface area contributed by atoms with E-state index in [0.717, 1.165) is 32.0 Å². The van der Waals surface area contributed by atoms with Gasteiger partial charge in [0.15, 0.2) is 0 Å². The molecule has 2 aliphatic rings. The molecule has 13 heavy (non-hydrogen) atoms. The second kappa shape index (κ2) is 3.56. The molecule has 0 bridgehead atoms. The highest BCUT2D eigenvalue weighted by molar-refractivity contribution is 4.86. The molecule has 3 heteroatoms. The molecular weight excluding hydrogens is 166 g/mol. The molecule has 0 saturated carbocycles. The zero-order valence-corrected chi connectivity index (χ0v) is 8.33. The van der Waals surface area contributed by atoms with E-state index in [-0.39, 0.29) is 0 Å². The van der Waals surface area contributed by atoms with Crippen LogP contribution in [-0.4, -0.2) is 48.0 Å². The van der Waals surface area contributed by atoms with Crippen molar-refractivity contribution in [2.45, 2.75) is 37.8 Å². The van der Waals surface area contributed by atoms with Gasteiger partial charge in [-0.3, -0.25) is 0 Å². The van der Waals surface area contributed by atoms with Gasteiger partial charge in [0.1, 0.15) is 0 Å². The number of rotatable bonds is 3. The molecule has 0 amide bonds. The third-order valence-electron chi connectivity index (χ3n) is 3.40. The lowest BCUT2D eigenvalue weighted by Crippen LogP contribution is -2.48. The molecule has 2 aliphatic heterocycles. The van der Waals surface area contributed by atoms with E-state index in [0.29, 0.717) is 6.61 Å². The van der Waals surface area contributed by atoms with Crippen molar-refractivity contribution in [1.29, 1.82) is 0 Å². The van der Waals surface area contributed by atoms with E-state index in [2.05, 4.69) is 11.8 Å². The summed E-state index contributed by atoms with van der Waals surface area (Å²) in [7, 11) is 0. The summed E-state index contributed by atoms with van der Waals surface area (Å²) < 4.78 is 5.20. The molecule has 0 aromatic heterocycles. The minimum absolute atomic E-state index is 0.519. The number of ether oxygens (including phenoxy) is 1. The van der Waals surface area contributed by atoms with Crippen LogP contribution in [0.5, 0.6) is 0 Å². The van der Waals surface area contributed by atoms with Gasteiger partial charge in [0.2, 0.25) is 0 Å². The minimum atomic E-state index is -0.519. The lowest BCUT2D eigenvalue weighted by Gasteiger charge is -2.40. The predicted molar refractivity (Wildman–Crippen MR) is 50.7 cm³/mol. The van der Waals surface area contributed by atoms with Crippen molar-refractivity contribution in [3.63, 3.8) is 0 Å². The molecule has 76 valence electrons. The monoisotopic (exact) mass is 185 g/mol. The summed E-state index contributed by atoms with van der Waals surface area (Å²) >= 11 is 0. The van der Waals surface area contributed by atoms with Gasteiger partial charge < -0.3 is 14.7 Å². The van der Waals surface area contributed by atoms with Crippen LogP contribution in [0, 0.1) is 0 Å². The Morgan fingerprint density at radius 1 is 1.62 bits per heavy atom. The Bertz CT molecular complexity index is 178. The number of nitrogens with zero attached hydrogens (tertiary/aromatic N) is 1. The second-order valence-electron chi connectivity index (χ2n) is 4.45. The van der Waals surface area contributed by atoms with Gasteiger partial charge >= 0.3 is 0 Å². The maximum atomic E-state index is 9.99. The topological polar surface area (TPSA) is 32.7 Å². The number of hydrogen-bond acceptors (Lipinski definition) is 3. The molecule has 2 rings (SSSR count). The summed E-state index contributed by atoms with van der Waals surface area (Å²) in [5.74, 6) is 0. The van der Waals surface area contributed by atoms with Crippen molar-refractivity contribution >= 4 is 0 Å². The molecule has 2 heterocycles. The lowest BCUT2D eigenvalue weighted by atomic mass is 9.96. The Labute approximate surface area is 79.7 Å². The first kappa shape index (κ1) is 9.44. The fraction of sp³-hybridized carbons (Fsp3) is 1.00. The standard InChI is InChI=1S/C10H19NO2/c1-9-2-5-11(9)6-3-10(12)4-7-13-8-10/h9,12H,2-8H2,1H3. The highest BCUT2D eigenvalue weighted by atomic mass is 16.5. The van der Waals surface area contributed by atoms with Crippen molar-refractivity contribution in [3.8, 4) is 0 Å². The van der Waals surface area contributed by atoms with Crippen LogP contribution in [0.4, 0.5) is 0 Å². The Morgan fingerprint density at radius 2 is 2.46 bits per heavy atom. The maximum absolute atomic E-state index is 9.99. The first-order valence-corrected chi connectivity index (χ1v) is 5.24. The Balaban J connectivity index is 1.72.